The largest absolute Gasteiger partial charge is 0.456 e. The Kier molecular flexibility index (Phi) is 5.81. The highest BCUT2D eigenvalue weighted by Crippen LogP contribution is 2.08. The number of ether oxygens (including phenoxy) is 1. The minimum Gasteiger partial charge on any atom is -0.456 e. The molecule has 1 atom stereocenters. The third kappa shape index (κ3) is 8.38. The van der Waals surface area contributed by atoms with Gasteiger partial charge in [0.1, 0.15) is 11.3 Å². The maximum atomic E-state index is 11.5. The Bertz CT molecular complexity index is 308. The van der Waals surface area contributed by atoms with Gasteiger partial charge in [0.05, 0.1) is 6.54 Å². The van der Waals surface area contributed by atoms with Crippen LogP contribution in [0.5, 0.6) is 0 Å². The Morgan fingerprint density at radius 2 is 1.94 bits per heavy atom. The average Bonchev–Trinajstić information content (AvgIpc) is 2.11. The quantitative estimate of drug-likeness (QED) is 0.457. The van der Waals surface area contributed by atoms with Gasteiger partial charge in [0.25, 0.3) is 0 Å². The van der Waals surface area contributed by atoms with Crippen molar-refractivity contribution in [3.8, 4) is 0 Å². The van der Waals surface area contributed by atoms with Crippen molar-refractivity contribution >= 4 is 17.6 Å². The van der Waals surface area contributed by atoms with Crippen LogP contribution in [0.1, 0.15) is 34.1 Å². The van der Waals surface area contributed by atoms with E-state index in [0.717, 1.165) is 0 Å². The molecule has 0 spiro atoms. The molecule has 0 aromatic heterocycles. The summed E-state index contributed by atoms with van der Waals surface area (Å²) in [5.41, 5.74) is 4.24. The summed E-state index contributed by atoms with van der Waals surface area (Å²) in [5.74, 6) is -1.11. The van der Waals surface area contributed by atoms with Crippen LogP contribution in [0.3, 0.4) is 0 Å². The van der Waals surface area contributed by atoms with E-state index in [1.54, 1.807) is 27.7 Å². The van der Waals surface area contributed by atoms with E-state index in [2.05, 4.69) is 5.32 Å². The number of nitrogens with two attached hydrogens (primary N) is 1. The van der Waals surface area contributed by atoms with Crippen molar-refractivity contribution in [3.05, 3.63) is 0 Å². The van der Waals surface area contributed by atoms with E-state index in [-0.39, 0.29) is 24.7 Å². The van der Waals surface area contributed by atoms with Gasteiger partial charge in [-0.1, -0.05) is 0 Å². The molecule has 0 bridgehead atoms. The molecule has 0 aliphatic heterocycles. The van der Waals surface area contributed by atoms with Crippen LogP contribution in [0.4, 0.5) is 0 Å². The lowest BCUT2D eigenvalue weighted by atomic mass is 10.1. The normalized spacial score (nSPS) is 12.9. The number of amides is 1. The average molecular weight is 243 g/mol. The summed E-state index contributed by atoms with van der Waals surface area (Å²) in [5, 5.41) is 10.4. The fraction of sp³-hybridized carbons (Fsp3) is 0.727. The van der Waals surface area contributed by atoms with E-state index in [9.17, 15) is 9.59 Å². The van der Waals surface area contributed by atoms with Gasteiger partial charge in [-0.15, -0.1) is 0 Å². The van der Waals surface area contributed by atoms with Crippen LogP contribution in [-0.4, -0.2) is 35.8 Å². The summed E-state index contributed by atoms with van der Waals surface area (Å²) >= 11 is 0. The second kappa shape index (κ2) is 6.34. The maximum Gasteiger partial charge on any atom is 0.352 e. The minimum absolute atomic E-state index is 0.0305. The monoisotopic (exact) mass is 243 g/mol. The lowest BCUT2D eigenvalue weighted by molar-refractivity contribution is -0.146. The molecule has 0 fully saturated rings. The molecule has 0 heterocycles. The van der Waals surface area contributed by atoms with Crippen molar-refractivity contribution in [1.82, 2.24) is 5.32 Å². The van der Waals surface area contributed by atoms with Crippen LogP contribution in [0.25, 0.3) is 0 Å². The topological polar surface area (TPSA) is 105 Å². The van der Waals surface area contributed by atoms with Gasteiger partial charge in [-0.2, -0.15) is 0 Å². The minimum atomic E-state index is -0.634. The number of primary amides is 1. The van der Waals surface area contributed by atoms with Crippen molar-refractivity contribution in [1.29, 1.82) is 5.41 Å². The van der Waals surface area contributed by atoms with Gasteiger partial charge < -0.3 is 15.8 Å². The number of hydrogen-bond acceptors (Lipinski definition) is 5. The molecule has 0 aliphatic carbocycles. The molecule has 0 rings (SSSR count). The Morgan fingerprint density at radius 3 is 2.35 bits per heavy atom. The number of carbonyl (C=O) groups is 2. The zero-order chi connectivity index (χ0) is 13.6. The maximum absolute atomic E-state index is 11.5. The fourth-order valence-corrected chi connectivity index (χ4v) is 1.08. The Hall–Kier alpha value is -1.43. The molecule has 1 unspecified atom stereocenters. The molecule has 98 valence electrons. The van der Waals surface area contributed by atoms with Crippen LogP contribution < -0.4 is 11.1 Å². The van der Waals surface area contributed by atoms with Crippen molar-refractivity contribution in [3.63, 3.8) is 0 Å². The zero-order valence-corrected chi connectivity index (χ0v) is 10.8. The Morgan fingerprint density at radius 1 is 1.41 bits per heavy atom. The van der Waals surface area contributed by atoms with Crippen molar-refractivity contribution in [2.24, 2.45) is 5.73 Å². The molecule has 6 heteroatoms. The van der Waals surface area contributed by atoms with Crippen molar-refractivity contribution in [2.45, 2.75) is 45.8 Å². The molecular formula is C11H21N3O3. The molecule has 17 heavy (non-hydrogen) atoms. The predicted molar refractivity (Wildman–Crippen MR) is 64.8 cm³/mol. The van der Waals surface area contributed by atoms with Crippen molar-refractivity contribution < 1.29 is 14.3 Å². The summed E-state index contributed by atoms with van der Waals surface area (Å²) in [4.78, 5) is 22.0. The van der Waals surface area contributed by atoms with Crippen molar-refractivity contribution in [2.75, 3.05) is 6.54 Å². The molecule has 0 radical (unpaired) electrons. The molecule has 4 N–H and O–H groups in total. The van der Waals surface area contributed by atoms with Gasteiger partial charge in [-0.3, -0.25) is 10.2 Å². The highest BCUT2D eigenvalue weighted by atomic mass is 16.6. The Labute approximate surface area is 101 Å². The highest BCUT2D eigenvalue weighted by molar-refractivity contribution is 6.35. The molecule has 1 amide bonds. The smallest absolute Gasteiger partial charge is 0.352 e. The number of nitrogens with one attached hydrogen (secondary N) is 2. The number of rotatable bonds is 6. The molecule has 0 saturated carbocycles. The van der Waals surface area contributed by atoms with Crippen LogP contribution in [0.15, 0.2) is 0 Å². The summed E-state index contributed by atoms with van der Waals surface area (Å²) in [6, 6.07) is -0.178. The third-order valence-corrected chi connectivity index (χ3v) is 1.78. The summed E-state index contributed by atoms with van der Waals surface area (Å²) in [6.07, 6.45) is 0.197. The van der Waals surface area contributed by atoms with Crippen LogP contribution in [0.2, 0.25) is 0 Å². The van der Waals surface area contributed by atoms with E-state index in [0.29, 0.717) is 0 Å². The van der Waals surface area contributed by atoms with E-state index >= 15 is 0 Å². The number of hydrogen-bond donors (Lipinski definition) is 3. The lowest BCUT2D eigenvalue weighted by Gasteiger charge is -2.20. The van der Waals surface area contributed by atoms with E-state index in [1.165, 1.54) is 0 Å². The second-order valence-corrected chi connectivity index (χ2v) is 4.93. The molecule has 6 nitrogen and oxygen atoms in total. The fourth-order valence-electron chi connectivity index (χ4n) is 1.08. The van der Waals surface area contributed by atoms with Crippen LogP contribution >= 0.6 is 0 Å². The third-order valence-electron chi connectivity index (χ3n) is 1.78. The van der Waals surface area contributed by atoms with E-state index in [1.807, 2.05) is 0 Å². The highest BCUT2D eigenvalue weighted by Gasteiger charge is 2.21. The van der Waals surface area contributed by atoms with Gasteiger partial charge in [-0.05, 0) is 27.7 Å². The molecule has 0 aliphatic rings. The van der Waals surface area contributed by atoms with Crippen LogP contribution in [0, 0.1) is 5.41 Å². The zero-order valence-electron chi connectivity index (χ0n) is 10.8. The van der Waals surface area contributed by atoms with Crippen LogP contribution in [-0.2, 0) is 14.3 Å². The molecule has 0 aromatic rings. The SMILES string of the molecule is CC(CC(=N)C(=O)OC(C)(C)C)NCC(N)=O. The summed E-state index contributed by atoms with van der Waals surface area (Å²) < 4.78 is 5.04. The van der Waals surface area contributed by atoms with Gasteiger partial charge in [-0.25, -0.2) is 4.79 Å². The molecular weight excluding hydrogens is 222 g/mol. The first-order chi connectivity index (χ1) is 7.61. The summed E-state index contributed by atoms with van der Waals surface area (Å²) in [7, 11) is 0. The first-order valence-corrected chi connectivity index (χ1v) is 5.44. The summed E-state index contributed by atoms with van der Waals surface area (Å²) in [6.45, 7) is 7.03. The van der Waals surface area contributed by atoms with Gasteiger partial charge >= 0.3 is 5.97 Å². The second-order valence-electron chi connectivity index (χ2n) is 4.93. The lowest BCUT2D eigenvalue weighted by Crippen LogP contribution is -2.38. The predicted octanol–water partition coefficient (Wildman–Crippen LogP) is 0.201. The van der Waals surface area contributed by atoms with E-state index in [4.69, 9.17) is 15.9 Å². The molecule has 0 saturated heterocycles. The standard InChI is InChI=1S/C11H21N3O3/c1-7(14-6-9(13)15)5-8(12)10(16)17-11(2,3)4/h7,12,14H,5-6H2,1-4H3,(H2,13,15). The first-order valence-electron chi connectivity index (χ1n) is 5.44. The first kappa shape index (κ1) is 15.6. The van der Waals surface area contributed by atoms with E-state index < -0.39 is 17.5 Å². The van der Waals surface area contributed by atoms with Gasteiger partial charge in [0.2, 0.25) is 5.91 Å². The molecule has 0 aromatic carbocycles. The van der Waals surface area contributed by atoms with Gasteiger partial charge in [0.15, 0.2) is 0 Å². The number of esters is 1. The Balaban J connectivity index is 4.08. The van der Waals surface area contributed by atoms with Gasteiger partial charge in [0, 0.05) is 12.5 Å². The number of carbonyl (C=O) groups excluding carboxylic acids is 2.